The van der Waals surface area contributed by atoms with E-state index in [4.69, 9.17) is 11.6 Å². The van der Waals surface area contributed by atoms with Crippen LogP contribution < -0.4 is 10.2 Å². The van der Waals surface area contributed by atoms with Gasteiger partial charge >= 0.3 is 0 Å². The van der Waals surface area contributed by atoms with Gasteiger partial charge in [0.25, 0.3) is 5.91 Å². The van der Waals surface area contributed by atoms with E-state index >= 15 is 0 Å². The number of hydrogen-bond acceptors (Lipinski definition) is 3. The van der Waals surface area contributed by atoms with Gasteiger partial charge in [-0.3, -0.25) is 9.78 Å². The van der Waals surface area contributed by atoms with Crippen LogP contribution in [0.3, 0.4) is 0 Å². The number of benzene rings is 1. The zero-order chi connectivity index (χ0) is 14.7. The molecular formula is C14H13BrClN3O. The van der Waals surface area contributed by atoms with Gasteiger partial charge in [-0.05, 0) is 24.3 Å². The number of nitrogens with one attached hydrogen (secondary N) is 1. The van der Waals surface area contributed by atoms with E-state index in [1.165, 1.54) is 0 Å². The van der Waals surface area contributed by atoms with Crippen LogP contribution in [0.1, 0.15) is 10.4 Å². The van der Waals surface area contributed by atoms with E-state index in [0.717, 1.165) is 10.2 Å². The molecule has 6 heteroatoms. The maximum absolute atomic E-state index is 12.3. The molecule has 0 atom stereocenters. The van der Waals surface area contributed by atoms with Crippen molar-refractivity contribution in [3.8, 4) is 0 Å². The Hall–Kier alpha value is -1.59. The maximum Gasteiger partial charge on any atom is 0.255 e. The Kier molecular flexibility index (Phi) is 4.62. The first-order chi connectivity index (χ1) is 9.47. The Bertz CT molecular complexity index is 626. The third-order valence-corrected chi connectivity index (χ3v) is 3.33. The van der Waals surface area contributed by atoms with E-state index in [0.29, 0.717) is 16.3 Å². The highest BCUT2D eigenvalue weighted by molar-refractivity contribution is 9.10. The average molecular weight is 355 g/mol. The van der Waals surface area contributed by atoms with E-state index in [-0.39, 0.29) is 5.91 Å². The minimum absolute atomic E-state index is 0.232. The van der Waals surface area contributed by atoms with Gasteiger partial charge in [0.15, 0.2) is 0 Å². The Labute approximate surface area is 130 Å². The second-order valence-corrected chi connectivity index (χ2v) is 5.75. The van der Waals surface area contributed by atoms with Crippen molar-refractivity contribution in [3.05, 3.63) is 51.7 Å². The number of rotatable bonds is 3. The van der Waals surface area contributed by atoms with Crippen molar-refractivity contribution in [1.82, 2.24) is 4.98 Å². The summed E-state index contributed by atoms with van der Waals surface area (Å²) in [5.74, 6) is -0.232. The Morgan fingerprint density at radius 2 is 2.10 bits per heavy atom. The van der Waals surface area contributed by atoms with E-state index < -0.39 is 0 Å². The fraction of sp³-hybridized carbons (Fsp3) is 0.143. The van der Waals surface area contributed by atoms with Crippen molar-refractivity contribution in [2.45, 2.75) is 0 Å². The molecule has 0 spiro atoms. The van der Waals surface area contributed by atoms with Gasteiger partial charge in [0.2, 0.25) is 0 Å². The topological polar surface area (TPSA) is 45.2 Å². The molecule has 0 aliphatic heterocycles. The van der Waals surface area contributed by atoms with Crippen molar-refractivity contribution in [3.63, 3.8) is 0 Å². The Morgan fingerprint density at radius 3 is 2.75 bits per heavy atom. The van der Waals surface area contributed by atoms with Gasteiger partial charge in [0.05, 0.1) is 17.6 Å². The first-order valence-electron chi connectivity index (χ1n) is 5.86. The summed E-state index contributed by atoms with van der Waals surface area (Å²) in [7, 11) is 3.81. The van der Waals surface area contributed by atoms with Crippen LogP contribution in [0.4, 0.5) is 11.4 Å². The number of pyridine rings is 1. The zero-order valence-electron chi connectivity index (χ0n) is 11.0. The monoisotopic (exact) mass is 353 g/mol. The molecule has 2 aromatic rings. The number of halogens is 2. The normalized spacial score (nSPS) is 10.2. The quantitative estimate of drug-likeness (QED) is 0.911. The van der Waals surface area contributed by atoms with Crippen LogP contribution in [0.25, 0.3) is 0 Å². The number of carbonyl (C=O) groups is 1. The molecule has 0 fully saturated rings. The van der Waals surface area contributed by atoms with Gasteiger partial charge < -0.3 is 10.2 Å². The summed E-state index contributed by atoms with van der Waals surface area (Å²) in [6.45, 7) is 0. The second-order valence-electron chi connectivity index (χ2n) is 4.40. The highest BCUT2D eigenvalue weighted by atomic mass is 79.9. The van der Waals surface area contributed by atoms with Crippen LogP contribution >= 0.6 is 27.5 Å². The smallest absolute Gasteiger partial charge is 0.255 e. The third kappa shape index (κ3) is 3.49. The molecule has 0 aliphatic carbocycles. The third-order valence-electron chi connectivity index (χ3n) is 2.65. The fourth-order valence-corrected chi connectivity index (χ4v) is 2.61. The molecule has 1 aromatic heterocycles. The molecule has 1 aromatic carbocycles. The minimum Gasteiger partial charge on any atom is -0.376 e. The molecule has 2 rings (SSSR count). The molecule has 0 unspecified atom stereocenters. The molecule has 1 amide bonds. The second kappa shape index (κ2) is 6.24. The zero-order valence-corrected chi connectivity index (χ0v) is 13.4. The van der Waals surface area contributed by atoms with Crippen molar-refractivity contribution in [1.29, 1.82) is 0 Å². The largest absolute Gasteiger partial charge is 0.376 e. The predicted octanol–water partition coefficient (Wildman–Crippen LogP) is 3.82. The summed E-state index contributed by atoms with van der Waals surface area (Å²) >= 11 is 9.27. The van der Waals surface area contributed by atoms with Crippen molar-refractivity contribution in [2.75, 3.05) is 24.3 Å². The average Bonchev–Trinajstić information content (AvgIpc) is 2.37. The van der Waals surface area contributed by atoms with Crippen LogP contribution in [0.2, 0.25) is 5.02 Å². The van der Waals surface area contributed by atoms with Gasteiger partial charge in [-0.2, -0.15) is 0 Å². The number of nitrogens with zero attached hydrogens (tertiary/aromatic N) is 2. The molecule has 20 heavy (non-hydrogen) atoms. The van der Waals surface area contributed by atoms with E-state index in [1.807, 2.05) is 25.1 Å². The van der Waals surface area contributed by atoms with Crippen LogP contribution in [0.15, 0.2) is 41.1 Å². The van der Waals surface area contributed by atoms with Crippen LogP contribution in [-0.4, -0.2) is 25.0 Å². The Morgan fingerprint density at radius 1 is 1.35 bits per heavy atom. The summed E-state index contributed by atoms with van der Waals surface area (Å²) in [5, 5.41) is 3.34. The summed E-state index contributed by atoms with van der Waals surface area (Å²) in [4.78, 5) is 18.2. The fourth-order valence-electron chi connectivity index (χ4n) is 1.75. The molecule has 0 saturated heterocycles. The minimum atomic E-state index is -0.232. The number of anilines is 2. The number of aromatic nitrogens is 1. The van der Waals surface area contributed by atoms with Crippen LogP contribution in [0, 0.1) is 0 Å². The van der Waals surface area contributed by atoms with Crippen LogP contribution in [0.5, 0.6) is 0 Å². The van der Waals surface area contributed by atoms with Gasteiger partial charge in [0, 0.05) is 35.4 Å². The summed E-state index contributed by atoms with van der Waals surface area (Å²) in [6, 6.07) is 6.90. The number of amides is 1. The molecule has 0 saturated carbocycles. The molecule has 1 N–H and O–H groups in total. The molecule has 0 aliphatic rings. The lowest BCUT2D eigenvalue weighted by molar-refractivity contribution is 0.102. The first-order valence-corrected chi connectivity index (χ1v) is 7.03. The van der Waals surface area contributed by atoms with E-state index in [1.54, 1.807) is 30.6 Å². The Balaban J connectivity index is 2.28. The lowest BCUT2D eigenvalue weighted by atomic mass is 10.2. The number of hydrogen-bond donors (Lipinski definition) is 1. The van der Waals surface area contributed by atoms with Gasteiger partial charge in [-0.25, -0.2) is 0 Å². The van der Waals surface area contributed by atoms with Crippen molar-refractivity contribution >= 4 is 44.8 Å². The highest BCUT2D eigenvalue weighted by Crippen LogP contribution is 2.24. The SMILES string of the molecule is CN(C)c1ccncc1NC(=O)c1cc(Cl)cc(Br)c1. The van der Waals surface area contributed by atoms with Gasteiger partial charge in [-0.1, -0.05) is 27.5 Å². The summed E-state index contributed by atoms with van der Waals surface area (Å²) < 4.78 is 0.758. The standard InChI is InChI=1S/C14H13BrClN3O/c1-19(2)13-3-4-17-8-12(13)18-14(20)9-5-10(15)7-11(16)6-9/h3-8H,1-2H3,(H,18,20). The molecule has 104 valence electrons. The highest BCUT2D eigenvalue weighted by Gasteiger charge is 2.11. The number of carbonyl (C=O) groups excluding carboxylic acids is 1. The summed E-state index contributed by atoms with van der Waals surface area (Å²) in [6.07, 6.45) is 3.30. The molecule has 1 heterocycles. The van der Waals surface area contributed by atoms with E-state index in [2.05, 4.69) is 26.2 Å². The maximum atomic E-state index is 12.3. The molecule has 0 radical (unpaired) electrons. The molecule has 0 bridgehead atoms. The van der Waals surface area contributed by atoms with Gasteiger partial charge in [-0.15, -0.1) is 0 Å². The molecular weight excluding hydrogens is 342 g/mol. The van der Waals surface area contributed by atoms with Gasteiger partial charge in [0.1, 0.15) is 0 Å². The predicted molar refractivity (Wildman–Crippen MR) is 85.7 cm³/mol. The first kappa shape index (κ1) is 14.8. The van der Waals surface area contributed by atoms with E-state index in [9.17, 15) is 4.79 Å². The molecule has 4 nitrogen and oxygen atoms in total. The lowest BCUT2D eigenvalue weighted by Gasteiger charge is -2.17. The van der Waals surface area contributed by atoms with Crippen molar-refractivity contribution in [2.24, 2.45) is 0 Å². The van der Waals surface area contributed by atoms with Crippen molar-refractivity contribution < 1.29 is 4.79 Å². The van der Waals surface area contributed by atoms with Crippen LogP contribution in [-0.2, 0) is 0 Å². The lowest BCUT2D eigenvalue weighted by Crippen LogP contribution is -2.17. The summed E-state index contributed by atoms with van der Waals surface area (Å²) in [5.41, 5.74) is 2.02.